The summed E-state index contributed by atoms with van der Waals surface area (Å²) in [6.45, 7) is -2.38. The van der Waals surface area contributed by atoms with E-state index in [0.29, 0.717) is 15.4 Å². The van der Waals surface area contributed by atoms with Crippen LogP contribution in [0.5, 0.6) is 0 Å². The van der Waals surface area contributed by atoms with Gasteiger partial charge >= 0.3 is 5.97 Å². The molecule has 0 aliphatic heterocycles. The number of hydrogen-bond acceptors (Lipinski definition) is 3. The van der Waals surface area contributed by atoms with Crippen LogP contribution in [-0.2, 0) is 11.7 Å². The van der Waals surface area contributed by atoms with Crippen LogP contribution in [0.4, 0.5) is 0 Å². The summed E-state index contributed by atoms with van der Waals surface area (Å²) in [6, 6.07) is 3.19. The fourth-order valence-electron chi connectivity index (χ4n) is 1.35. The number of carbonyl (C=O) groups excluding carboxylic acids is 1. The van der Waals surface area contributed by atoms with Gasteiger partial charge in [-0.05, 0) is 12.1 Å². The zero-order chi connectivity index (χ0) is 13.5. The van der Waals surface area contributed by atoms with Crippen LogP contribution in [0.3, 0.4) is 0 Å². The number of halogens is 1. The second-order valence-electron chi connectivity index (χ2n) is 2.92. The Labute approximate surface area is 99.2 Å². The van der Waals surface area contributed by atoms with Gasteiger partial charge < -0.3 is 4.74 Å². The van der Waals surface area contributed by atoms with Crippen molar-refractivity contribution in [3.05, 3.63) is 28.4 Å². The summed E-state index contributed by atoms with van der Waals surface area (Å²) in [6.07, 6.45) is 1.37. The molecule has 4 nitrogen and oxygen atoms in total. The third kappa shape index (κ3) is 1.63. The maximum Gasteiger partial charge on any atom is 0.340 e. The summed E-state index contributed by atoms with van der Waals surface area (Å²) in [4.78, 5) is 11.6. The zero-order valence-corrected chi connectivity index (χ0v) is 9.41. The Hall–Kier alpha value is -1.36. The van der Waals surface area contributed by atoms with E-state index in [1.807, 2.05) is 0 Å². The van der Waals surface area contributed by atoms with Crippen molar-refractivity contribution >= 4 is 32.8 Å². The van der Waals surface area contributed by atoms with E-state index in [0.717, 1.165) is 4.68 Å². The minimum atomic E-state index is -2.38. The SMILES string of the molecule is [2H]C([2H])([2H])n1cc2c(Br)ccc(C(=O)OC)c2n1. The molecular formula is C10H9BrN2O2. The van der Waals surface area contributed by atoms with Crippen LogP contribution < -0.4 is 0 Å². The molecule has 5 heteroatoms. The number of carbonyl (C=O) groups is 1. The van der Waals surface area contributed by atoms with Gasteiger partial charge in [0, 0.05) is 27.1 Å². The van der Waals surface area contributed by atoms with E-state index >= 15 is 0 Å². The summed E-state index contributed by atoms with van der Waals surface area (Å²) >= 11 is 3.29. The molecule has 15 heavy (non-hydrogen) atoms. The number of aromatic nitrogens is 2. The van der Waals surface area contributed by atoms with Crippen molar-refractivity contribution in [2.75, 3.05) is 7.11 Å². The van der Waals surface area contributed by atoms with Gasteiger partial charge in [-0.25, -0.2) is 4.79 Å². The maximum absolute atomic E-state index is 11.6. The van der Waals surface area contributed by atoms with E-state index < -0.39 is 12.9 Å². The molecule has 2 rings (SSSR count). The van der Waals surface area contributed by atoms with Crippen molar-refractivity contribution in [1.29, 1.82) is 0 Å². The van der Waals surface area contributed by atoms with E-state index in [4.69, 9.17) is 4.11 Å². The minimum absolute atomic E-state index is 0.235. The van der Waals surface area contributed by atoms with Gasteiger partial charge in [-0.15, -0.1) is 0 Å². The molecule has 0 amide bonds. The van der Waals surface area contributed by atoms with Crippen LogP contribution in [-0.4, -0.2) is 22.9 Å². The molecule has 0 unspecified atom stereocenters. The molecule has 0 aliphatic carbocycles. The lowest BCUT2D eigenvalue weighted by Crippen LogP contribution is -2.02. The molecule has 0 radical (unpaired) electrons. The second-order valence-corrected chi connectivity index (χ2v) is 3.78. The van der Waals surface area contributed by atoms with Gasteiger partial charge in [0.05, 0.1) is 12.7 Å². The van der Waals surface area contributed by atoms with Crippen LogP contribution in [0, 0.1) is 0 Å². The Bertz CT molecular complexity index is 621. The van der Waals surface area contributed by atoms with E-state index in [1.165, 1.54) is 19.4 Å². The molecule has 0 atom stereocenters. The van der Waals surface area contributed by atoms with E-state index in [-0.39, 0.29) is 5.56 Å². The molecule has 0 saturated heterocycles. The van der Waals surface area contributed by atoms with Crippen molar-refractivity contribution < 1.29 is 13.6 Å². The molecule has 78 valence electrons. The van der Waals surface area contributed by atoms with Crippen molar-refractivity contribution in [1.82, 2.24) is 9.78 Å². The molecule has 1 aromatic carbocycles. The molecule has 0 bridgehead atoms. The predicted molar refractivity (Wildman–Crippen MR) is 59.8 cm³/mol. The molecule has 0 fully saturated rings. The number of rotatable bonds is 1. The topological polar surface area (TPSA) is 44.1 Å². The van der Waals surface area contributed by atoms with Gasteiger partial charge in [0.1, 0.15) is 5.52 Å². The smallest absolute Gasteiger partial charge is 0.340 e. The number of ether oxygens (including phenoxy) is 1. The number of methoxy groups -OCH3 is 1. The largest absolute Gasteiger partial charge is 0.465 e. The summed E-state index contributed by atoms with van der Waals surface area (Å²) in [5, 5.41) is 4.49. The van der Waals surface area contributed by atoms with Crippen molar-refractivity contribution in [3.63, 3.8) is 0 Å². The molecule has 0 aliphatic rings. The first kappa shape index (κ1) is 7.00. The van der Waals surface area contributed by atoms with Gasteiger partial charge in [-0.3, -0.25) is 4.68 Å². The highest BCUT2D eigenvalue weighted by Gasteiger charge is 2.14. The standard InChI is InChI=1S/C10H9BrN2O2/c1-13-5-7-8(11)4-3-6(9(7)12-13)10(14)15-2/h3-5H,1-2H3/i1D3. The van der Waals surface area contributed by atoms with Gasteiger partial charge in [-0.1, -0.05) is 15.9 Å². The first-order valence-corrected chi connectivity index (χ1v) is 4.90. The Morgan fingerprint density at radius 3 is 3.13 bits per heavy atom. The Morgan fingerprint density at radius 2 is 2.47 bits per heavy atom. The Balaban J connectivity index is 2.73. The summed E-state index contributed by atoms with van der Waals surface area (Å²) in [5.41, 5.74) is 0.533. The van der Waals surface area contributed by atoms with Crippen molar-refractivity contribution in [2.45, 2.75) is 0 Å². The lowest BCUT2D eigenvalue weighted by Gasteiger charge is -2.00. The third-order valence-corrected chi connectivity index (χ3v) is 2.72. The maximum atomic E-state index is 11.6. The highest BCUT2D eigenvalue weighted by molar-refractivity contribution is 9.10. The van der Waals surface area contributed by atoms with Gasteiger partial charge in [-0.2, -0.15) is 5.10 Å². The van der Waals surface area contributed by atoms with Crippen LogP contribution in [0.1, 0.15) is 14.5 Å². The average Bonchev–Trinajstić information content (AvgIpc) is 2.74. The van der Waals surface area contributed by atoms with E-state index in [9.17, 15) is 4.79 Å². The lowest BCUT2D eigenvalue weighted by atomic mass is 10.1. The molecule has 0 N–H and O–H groups in total. The van der Waals surface area contributed by atoms with Crippen LogP contribution in [0.25, 0.3) is 10.9 Å². The molecule has 1 aromatic heterocycles. The number of aryl methyl sites for hydroxylation is 1. The molecule has 2 aromatic rings. The van der Waals surface area contributed by atoms with Gasteiger partial charge in [0.15, 0.2) is 0 Å². The molecule has 0 saturated carbocycles. The normalized spacial score (nSPS) is 14.4. The number of esters is 1. The summed E-state index contributed by atoms with van der Waals surface area (Å²) < 4.78 is 28.1. The van der Waals surface area contributed by atoms with Crippen molar-refractivity contribution in [3.8, 4) is 0 Å². The first-order chi connectivity index (χ1) is 8.34. The number of nitrogens with zero attached hydrogens (tertiary/aromatic N) is 2. The van der Waals surface area contributed by atoms with Crippen LogP contribution in [0.2, 0.25) is 0 Å². The summed E-state index contributed by atoms with van der Waals surface area (Å²) in [7, 11) is 1.26. The highest BCUT2D eigenvalue weighted by atomic mass is 79.9. The summed E-state index contributed by atoms with van der Waals surface area (Å²) in [5.74, 6) is -0.553. The molecule has 0 spiro atoms. The van der Waals surface area contributed by atoms with Crippen LogP contribution in [0.15, 0.2) is 22.8 Å². The second kappa shape index (κ2) is 3.66. The fourth-order valence-corrected chi connectivity index (χ4v) is 1.77. The predicted octanol–water partition coefficient (Wildman–Crippen LogP) is 2.12. The molecular weight excluding hydrogens is 260 g/mol. The number of benzene rings is 1. The Kier molecular flexibility index (Phi) is 1.71. The fraction of sp³-hybridized carbons (Fsp3) is 0.200. The van der Waals surface area contributed by atoms with Gasteiger partial charge in [0.2, 0.25) is 0 Å². The number of fused-ring (bicyclic) bond motifs is 1. The van der Waals surface area contributed by atoms with Crippen molar-refractivity contribution in [2.24, 2.45) is 6.98 Å². The Morgan fingerprint density at radius 1 is 1.67 bits per heavy atom. The third-order valence-electron chi connectivity index (χ3n) is 2.03. The first-order valence-electron chi connectivity index (χ1n) is 5.61. The van der Waals surface area contributed by atoms with Gasteiger partial charge in [0.25, 0.3) is 0 Å². The quantitative estimate of drug-likeness (QED) is 0.747. The highest BCUT2D eigenvalue weighted by Crippen LogP contribution is 2.26. The van der Waals surface area contributed by atoms with E-state index in [2.05, 4.69) is 25.8 Å². The lowest BCUT2D eigenvalue weighted by molar-refractivity contribution is 0.0602. The average molecular weight is 272 g/mol. The van der Waals surface area contributed by atoms with Crippen LogP contribution >= 0.6 is 15.9 Å². The zero-order valence-electron chi connectivity index (χ0n) is 10.8. The van der Waals surface area contributed by atoms with E-state index in [1.54, 1.807) is 6.07 Å². The number of hydrogen-bond donors (Lipinski definition) is 0. The monoisotopic (exact) mass is 271 g/mol. The molecule has 1 heterocycles. The minimum Gasteiger partial charge on any atom is -0.465 e.